The molecule has 1 aromatic carbocycles. The summed E-state index contributed by atoms with van der Waals surface area (Å²) in [7, 11) is 0. The zero-order valence-electron chi connectivity index (χ0n) is 12.7. The van der Waals surface area contributed by atoms with Gasteiger partial charge in [-0.1, -0.05) is 31.4 Å². The SMILES string of the molecule is CC(=O)c1ccccc1NCC(=O)N1CCCCCCC1. The Morgan fingerprint density at radius 3 is 2.33 bits per heavy atom. The molecule has 4 heteroatoms. The van der Waals surface area contributed by atoms with E-state index < -0.39 is 0 Å². The third kappa shape index (κ3) is 4.59. The molecule has 1 amide bonds. The molecule has 0 spiro atoms. The Morgan fingerprint density at radius 1 is 1.05 bits per heavy atom. The minimum Gasteiger partial charge on any atom is -0.376 e. The zero-order valence-corrected chi connectivity index (χ0v) is 12.7. The number of anilines is 1. The van der Waals surface area contributed by atoms with Gasteiger partial charge in [0.05, 0.1) is 6.54 Å². The summed E-state index contributed by atoms with van der Waals surface area (Å²) in [6, 6.07) is 7.33. The maximum absolute atomic E-state index is 12.3. The number of nitrogens with one attached hydrogen (secondary N) is 1. The first-order valence-corrected chi connectivity index (χ1v) is 7.80. The van der Waals surface area contributed by atoms with Gasteiger partial charge < -0.3 is 10.2 Å². The van der Waals surface area contributed by atoms with E-state index in [-0.39, 0.29) is 18.2 Å². The van der Waals surface area contributed by atoms with E-state index in [1.54, 1.807) is 13.0 Å². The summed E-state index contributed by atoms with van der Waals surface area (Å²) in [5.41, 5.74) is 1.38. The van der Waals surface area contributed by atoms with Gasteiger partial charge >= 0.3 is 0 Å². The predicted molar refractivity (Wildman–Crippen MR) is 84.6 cm³/mol. The predicted octanol–water partition coefficient (Wildman–Crippen LogP) is 3.09. The topological polar surface area (TPSA) is 49.4 Å². The van der Waals surface area contributed by atoms with E-state index >= 15 is 0 Å². The van der Waals surface area contributed by atoms with Gasteiger partial charge in [0.25, 0.3) is 0 Å². The maximum atomic E-state index is 12.3. The summed E-state index contributed by atoms with van der Waals surface area (Å²) in [6.07, 6.45) is 5.90. The van der Waals surface area contributed by atoms with Crippen molar-refractivity contribution in [1.82, 2.24) is 4.90 Å². The molecule has 0 unspecified atom stereocenters. The highest BCUT2D eigenvalue weighted by Crippen LogP contribution is 2.16. The summed E-state index contributed by atoms with van der Waals surface area (Å²) in [4.78, 5) is 25.8. The highest BCUT2D eigenvalue weighted by molar-refractivity contribution is 6.00. The van der Waals surface area contributed by atoms with Gasteiger partial charge in [-0.15, -0.1) is 0 Å². The Morgan fingerprint density at radius 2 is 1.67 bits per heavy atom. The Hall–Kier alpha value is -1.84. The van der Waals surface area contributed by atoms with E-state index in [2.05, 4.69) is 5.32 Å². The molecule has 0 atom stereocenters. The van der Waals surface area contributed by atoms with Crippen LogP contribution in [-0.2, 0) is 4.79 Å². The molecule has 114 valence electrons. The molecule has 1 heterocycles. The molecule has 4 nitrogen and oxygen atoms in total. The number of carbonyl (C=O) groups is 2. The largest absolute Gasteiger partial charge is 0.376 e. The smallest absolute Gasteiger partial charge is 0.241 e. The molecule has 0 bridgehead atoms. The van der Waals surface area contributed by atoms with Gasteiger partial charge in [0.1, 0.15) is 0 Å². The zero-order chi connectivity index (χ0) is 15.1. The van der Waals surface area contributed by atoms with Crippen LogP contribution in [0.2, 0.25) is 0 Å². The van der Waals surface area contributed by atoms with Gasteiger partial charge in [-0.3, -0.25) is 9.59 Å². The number of carbonyl (C=O) groups excluding carboxylic acids is 2. The van der Waals surface area contributed by atoms with Gasteiger partial charge in [-0.25, -0.2) is 0 Å². The average molecular weight is 288 g/mol. The fraction of sp³-hybridized carbons (Fsp3) is 0.529. The van der Waals surface area contributed by atoms with Crippen LogP contribution in [0.1, 0.15) is 49.4 Å². The molecule has 1 saturated heterocycles. The maximum Gasteiger partial charge on any atom is 0.241 e. The summed E-state index contributed by atoms with van der Waals surface area (Å²) in [6.45, 7) is 3.51. The lowest BCUT2D eigenvalue weighted by Gasteiger charge is -2.25. The number of rotatable bonds is 4. The van der Waals surface area contributed by atoms with Crippen LogP contribution < -0.4 is 5.32 Å². The van der Waals surface area contributed by atoms with Crippen LogP contribution in [-0.4, -0.2) is 36.2 Å². The monoisotopic (exact) mass is 288 g/mol. The van der Waals surface area contributed by atoms with Crippen molar-refractivity contribution in [3.63, 3.8) is 0 Å². The quantitative estimate of drug-likeness (QED) is 0.866. The Kier molecular flexibility index (Phi) is 5.78. The first-order valence-electron chi connectivity index (χ1n) is 7.80. The van der Waals surface area contributed by atoms with Crippen molar-refractivity contribution in [1.29, 1.82) is 0 Å². The Balaban J connectivity index is 1.92. The van der Waals surface area contributed by atoms with Crippen LogP contribution in [0, 0.1) is 0 Å². The first kappa shape index (κ1) is 15.5. The number of amides is 1. The van der Waals surface area contributed by atoms with Gasteiger partial charge in [-0.05, 0) is 31.9 Å². The fourth-order valence-corrected chi connectivity index (χ4v) is 2.72. The van der Waals surface area contributed by atoms with E-state index in [4.69, 9.17) is 0 Å². The molecular formula is C17H24N2O2. The second kappa shape index (κ2) is 7.81. The average Bonchev–Trinajstić information content (AvgIpc) is 2.44. The molecule has 21 heavy (non-hydrogen) atoms. The molecule has 1 aliphatic heterocycles. The number of hydrogen-bond donors (Lipinski definition) is 1. The lowest BCUT2D eigenvalue weighted by atomic mass is 10.1. The molecule has 1 fully saturated rings. The van der Waals surface area contributed by atoms with E-state index in [0.717, 1.165) is 31.6 Å². The van der Waals surface area contributed by atoms with Crippen molar-refractivity contribution < 1.29 is 9.59 Å². The van der Waals surface area contributed by atoms with Crippen molar-refractivity contribution >= 4 is 17.4 Å². The second-order valence-corrected chi connectivity index (χ2v) is 5.60. The number of Topliss-reactive ketones (excluding diaryl/α,β-unsaturated/α-hetero) is 1. The van der Waals surface area contributed by atoms with Gasteiger partial charge in [0.15, 0.2) is 5.78 Å². The lowest BCUT2D eigenvalue weighted by molar-refractivity contribution is -0.129. The number of nitrogens with zero attached hydrogens (tertiary/aromatic N) is 1. The third-order valence-electron chi connectivity index (χ3n) is 3.95. The van der Waals surface area contributed by atoms with Crippen LogP contribution in [0.5, 0.6) is 0 Å². The minimum absolute atomic E-state index is 0.0109. The number of ketones is 1. The van der Waals surface area contributed by atoms with E-state index in [1.165, 1.54) is 19.3 Å². The molecule has 0 saturated carbocycles. The second-order valence-electron chi connectivity index (χ2n) is 5.60. The molecular weight excluding hydrogens is 264 g/mol. The van der Waals surface area contributed by atoms with Gasteiger partial charge in [0.2, 0.25) is 5.91 Å². The molecule has 0 aromatic heterocycles. The molecule has 1 aromatic rings. The molecule has 2 rings (SSSR count). The van der Waals surface area contributed by atoms with Crippen molar-refractivity contribution in [3.8, 4) is 0 Å². The van der Waals surface area contributed by atoms with Gasteiger partial charge in [0, 0.05) is 24.3 Å². The Labute approximate surface area is 126 Å². The number of likely N-dealkylation sites (tertiary alicyclic amines) is 1. The van der Waals surface area contributed by atoms with Gasteiger partial charge in [-0.2, -0.15) is 0 Å². The Bertz CT molecular complexity index is 491. The van der Waals surface area contributed by atoms with Crippen molar-refractivity contribution in [2.45, 2.75) is 39.0 Å². The summed E-state index contributed by atoms with van der Waals surface area (Å²) >= 11 is 0. The number of hydrogen-bond acceptors (Lipinski definition) is 3. The lowest BCUT2D eigenvalue weighted by Crippen LogP contribution is -2.37. The summed E-state index contributed by atoms with van der Waals surface area (Å²) in [5.74, 6) is 0.132. The van der Waals surface area contributed by atoms with Crippen molar-refractivity contribution in [3.05, 3.63) is 29.8 Å². The number of benzene rings is 1. The highest BCUT2D eigenvalue weighted by Gasteiger charge is 2.15. The summed E-state index contributed by atoms with van der Waals surface area (Å²) < 4.78 is 0. The fourth-order valence-electron chi connectivity index (χ4n) is 2.72. The molecule has 0 radical (unpaired) electrons. The van der Waals surface area contributed by atoms with Crippen LogP contribution in [0.4, 0.5) is 5.69 Å². The molecule has 1 N–H and O–H groups in total. The normalized spacial score (nSPS) is 16.0. The van der Waals surface area contributed by atoms with Crippen LogP contribution in [0.15, 0.2) is 24.3 Å². The third-order valence-corrected chi connectivity index (χ3v) is 3.95. The van der Waals surface area contributed by atoms with Crippen molar-refractivity contribution in [2.75, 3.05) is 25.0 Å². The number of para-hydroxylation sites is 1. The molecule has 0 aliphatic carbocycles. The van der Waals surface area contributed by atoms with Crippen molar-refractivity contribution in [2.24, 2.45) is 0 Å². The van der Waals surface area contributed by atoms with E-state index in [0.29, 0.717) is 5.56 Å². The minimum atomic E-state index is 0.0109. The first-order chi connectivity index (χ1) is 10.2. The van der Waals surface area contributed by atoms with Crippen LogP contribution in [0.25, 0.3) is 0 Å². The molecule has 1 aliphatic rings. The van der Waals surface area contributed by atoms with E-state index in [9.17, 15) is 9.59 Å². The highest BCUT2D eigenvalue weighted by atomic mass is 16.2. The van der Waals surface area contributed by atoms with Crippen LogP contribution >= 0.6 is 0 Å². The summed E-state index contributed by atoms with van der Waals surface area (Å²) in [5, 5.41) is 3.12. The van der Waals surface area contributed by atoms with Crippen LogP contribution in [0.3, 0.4) is 0 Å². The standard InChI is InChI=1S/C17H24N2O2/c1-14(20)15-9-5-6-10-16(15)18-13-17(21)19-11-7-3-2-4-8-12-19/h5-6,9-10,18H,2-4,7-8,11-13H2,1H3. The van der Waals surface area contributed by atoms with E-state index in [1.807, 2.05) is 23.1 Å².